The van der Waals surface area contributed by atoms with Crippen LogP contribution in [0.4, 0.5) is 8.78 Å². The van der Waals surface area contributed by atoms with Crippen LogP contribution in [0.15, 0.2) is 21.6 Å². The summed E-state index contributed by atoms with van der Waals surface area (Å²) in [7, 11) is 0. The lowest BCUT2D eigenvalue weighted by Crippen LogP contribution is -2.17. The molecule has 0 bridgehead atoms. The van der Waals surface area contributed by atoms with Gasteiger partial charge in [-0.3, -0.25) is 4.99 Å². The first-order valence-electron chi connectivity index (χ1n) is 4.40. The van der Waals surface area contributed by atoms with Gasteiger partial charge in [0.1, 0.15) is 5.84 Å². The summed E-state index contributed by atoms with van der Waals surface area (Å²) >= 11 is 2.95. The molecule has 2 nitrogen and oxygen atoms in total. The van der Waals surface area contributed by atoms with Crippen molar-refractivity contribution in [2.24, 2.45) is 10.7 Å². The Morgan fingerprint density at radius 3 is 2.53 bits per heavy atom. The molecular weight excluding hydrogens is 266 g/mol. The van der Waals surface area contributed by atoms with Crippen LogP contribution in [-0.4, -0.2) is 11.9 Å². The fraction of sp³-hybridized carbons (Fsp3) is 0.300. The van der Waals surface area contributed by atoms with E-state index in [4.69, 9.17) is 5.73 Å². The van der Waals surface area contributed by atoms with Crippen molar-refractivity contribution in [2.45, 2.75) is 19.9 Å². The molecule has 0 saturated carbocycles. The summed E-state index contributed by atoms with van der Waals surface area (Å²) in [6.45, 7) is 3.70. The number of halogens is 3. The Morgan fingerprint density at radius 2 is 2.00 bits per heavy atom. The van der Waals surface area contributed by atoms with Crippen molar-refractivity contribution in [2.75, 3.05) is 0 Å². The maximum absolute atomic E-state index is 13.2. The molecule has 0 aliphatic heterocycles. The Kier molecular flexibility index (Phi) is 3.79. The third-order valence-corrected chi connectivity index (χ3v) is 2.48. The van der Waals surface area contributed by atoms with Crippen molar-refractivity contribution in [3.8, 4) is 0 Å². The molecule has 2 N–H and O–H groups in total. The van der Waals surface area contributed by atoms with E-state index in [1.807, 2.05) is 13.8 Å². The van der Waals surface area contributed by atoms with E-state index in [-0.39, 0.29) is 16.4 Å². The first-order chi connectivity index (χ1) is 6.93. The molecule has 0 aromatic heterocycles. The van der Waals surface area contributed by atoms with Crippen molar-refractivity contribution in [1.82, 2.24) is 0 Å². The van der Waals surface area contributed by atoms with Gasteiger partial charge < -0.3 is 5.73 Å². The lowest BCUT2D eigenvalue weighted by molar-refractivity contribution is 0.504. The highest BCUT2D eigenvalue weighted by Crippen LogP contribution is 2.22. The first-order valence-corrected chi connectivity index (χ1v) is 5.20. The maximum atomic E-state index is 13.2. The van der Waals surface area contributed by atoms with Crippen LogP contribution in [0.1, 0.15) is 19.4 Å². The second-order valence-electron chi connectivity index (χ2n) is 3.33. The van der Waals surface area contributed by atoms with Crippen LogP contribution in [0.2, 0.25) is 0 Å². The topological polar surface area (TPSA) is 38.4 Å². The zero-order valence-corrected chi connectivity index (χ0v) is 9.98. The third-order valence-electron chi connectivity index (χ3n) is 1.71. The molecule has 5 heteroatoms. The molecule has 1 rings (SSSR count). The van der Waals surface area contributed by atoms with Gasteiger partial charge in [-0.15, -0.1) is 0 Å². The van der Waals surface area contributed by atoms with Crippen LogP contribution in [0.3, 0.4) is 0 Å². The Labute approximate surface area is 95.3 Å². The molecule has 0 saturated heterocycles. The largest absolute Gasteiger partial charge is 0.383 e. The summed E-state index contributed by atoms with van der Waals surface area (Å²) in [5.74, 6) is -1.67. The number of hydrogen-bond donors (Lipinski definition) is 1. The summed E-state index contributed by atoms with van der Waals surface area (Å²) < 4.78 is 26.0. The zero-order chi connectivity index (χ0) is 11.6. The highest BCUT2D eigenvalue weighted by Gasteiger charge is 2.13. The number of benzene rings is 1. The summed E-state index contributed by atoms with van der Waals surface area (Å²) in [6, 6.07) is 2.42. The molecule has 0 radical (unpaired) electrons. The minimum atomic E-state index is -0.950. The van der Waals surface area contributed by atoms with Gasteiger partial charge in [0.05, 0.1) is 4.47 Å². The van der Waals surface area contributed by atoms with E-state index in [1.165, 1.54) is 6.07 Å². The van der Waals surface area contributed by atoms with Gasteiger partial charge in [-0.05, 0) is 41.9 Å². The van der Waals surface area contributed by atoms with Crippen LogP contribution in [-0.2, 0) is 0 Å². The maximum Gasteiger partial charge on any atom is 0.173 e. The first kappa shape index (κ1) is 12.1. The van der Waals surface area contributed by atoms with E-state index in [0.717, 1.165) is 6.07 Å². The molecule has 0 spiro atoms. The quantitative estimate of drug-likeness (QED) is 0.504. The fourth-order valence-corrected chi connectivity index (χ4v) is 1.60. The van der Waals surface area contributed by atoms with Gasteiger partial charge in [0.2, 0.25) is 0 Å². The van der Waals surface area contributed by atoms with Crippen LogP contribution < -0.4 is 5.73 Å². The van der Waals surface area contributed by atoms with E-state index in [1.54, 1.807) is 0 Å². The number of nitrogens with two attached hydrogens (primary N) is 1. The smallest absolute Gasteiger partial charge is 0.173 e. The van der Waals surface area contributed by atoms with Gasteiger partial charge in [0.25, 0.3) is 0 Å². The summed E-state index contributed by atoms with van der Waals surface area (Å²) in [5, 5.41) is 0. The molecule has 0 unspecified atom stereocenters. The van der Waals surface area contributed by atoms with Gasteiger partial charge in [-0.2, -0.15) is 0 Å². The Hall–Kier alpha value is -0.970. The van der Waals surface area contributed by atoms with Gasteiger partial charge in [0, 0.05) is 11.6 Å². The lowest BCUT2D eigenvalue weighted by Gasteiger charge is -2.06. The van der Waals surface area contributed by atoms with E-state index in [2.05, 4.69) is 20.9 Å². The molecule has 0 fully saturated rings. The monoisotopic (exact) mass is 276 g/mol. The predicted octanol–water partition coefficient (Wildman–Crippen LogP) is 2.84. The summed E-state index contributed by atoms with van der Waals surface area (Å²) in [6.07, 6.45) is 0. The molecule has 1 aromatic carbocycles. The number of aliphatic imine (C=N–C) groups is 1. The van der Waals surface area contributed by atoms with Crippen molar-refractivity contribution in [1.29, 1.82) is 0 Å². The Bertz CT molecular complexity index is 403. The molecule has 82 valence electrons. The van der Waals surface area contributed by atoms with Gasteiger partial charge in [0.15, 0.2) is 11.6 Å². The molecule has 0 aliphatic carbocycles. The molecule has 0 heterocycles. The van der Waals surface area contributed by atoms with E-state index in [0.29, 0.717) is 5.56 Å². The molecule has 0 aliphatic rings. The van der Waals surface area contributed by atoms with Crippen LogP contribution >= 0.6 is 15.9 Å². The van der Waals surface area contributed by atoms with Crippen molar-refractivity contribution >= 4 is 21.8 Å². The highest BCUT2D eigenvalue weighted by atomic mass is 79.9. The van der Waals surface area contributed by atoms with Crippen molar-refractivity contribution < 1.29 is 8.78 Å². The van der Waals surface area contributed by atoms with Crippen molar-refractivity contribution in [3.63, 3.8) is 0 Å². The minimum Gasteiger partial charge on any atom is -0.383 e. The number of nitrogens with zero attached hydrogens (tertiary/aromatic N) is 1. The van der Waals surface area contributed by atoms with E-state index in [9.17, 15) is 8.78 Å². The average Bonchev–Trinajstić information content (AvgIpc) is 2.13. The van der Waals surface area contributed by atoms with E-state index < -0.39 is 11.6 Å². The third kappa shape index (κ3) is 2.75. The van der Waals surface area contributed by atoms with Crippen LogP contribution in [0.5, 0.6) is 0 Å². The summed E-state index contributed by atoms with van der Waals surface area (Å²) in [4.78, 5) is 4.05. The lowest BCUT2D eigenvalue weighted by atomic mass is 10.2. The number of amidine groups is 1. The van der Waals surface area contributed by atoms with Crippen molar-refractivity contribution in [3.05, 3.63) is 33.8 Å². The Balaban J connectivity index is 3.22. The molecule has 0 amide bonds. The molecule has 15 heavy (non-hydrogen) atoms. The molecule has 0 atom stereocenters. The molecule has 1 aromatic rings. The normalized spacial score (nSPS) is 12.3. The van der Waals surface area contributed by atoms with Crippen LogP contribution in [0, 0.1) is 11.6 Å². The predicted molar refractivity (Wildman–Crippen MR) is 59.9 cm³/mol. The van der Waals surface area contributed by atoms with Gasteiger partial charge >= 0.3 is 0 Å². The number of rotatable bonds is 2. The van der Waals surface area contributed by atoms with Gasteiger partial charge in [-0.25, -0.2) is 8.78 Å². The zero-order valence-electron chi connectivity index (χ0n) is 8.39. The second-order valence-corrected chi connectivity index (χ2v) is 4.12. The minimum absolute atomic E-state index is 0.00407. The highest BCUT2D eigenvalue weighted by molar-refractivity contribution is 9.10. The molecular formula is C10H11BrF2N2. The fourth-order valence-electron chi connectivity index (χ4n) is 1.07. The Morgan fingerprint density at radius 1 is 1.40 bits per heavy atom. The standard InChI is InChI=1S/C10H11BrF2N2/c1-5(2)15-10(14)6-3-4-7(12)9(13)8(6)11/h3-5H,1-2H3,(H2,14,15). The second kappa shape index (κ2) is 4.70. The van der Waals surface area contributed by atoms with Gasteiger partial charge in [-0.1, -0.05) is 0 Å². The number of hydrogen-bond acceptors (Lipinski definition) is 1. The van der Waals surface area contributed by atoms with E-state index >= 15 is 0 Å². The SMILES string of the molecule is CC(C)N=C(N)c1ccc(F)c(F)c1Br. The average molecular weight is 277 g/mol. The van der Waals surface area contributed by atoms with Crippen LogP contribution in [0.25, 0.3) is 0 Å². The summed E-state index contributed by atoms with van der Waals surface area (Å²) in [5.41, 5.74) is 6.01.